The van der Waals surface area contributed by atoms with Crippen molar-refractivity contribution in [2.75, 3.05) is 13.2 Å². The molecule has 5 heteroatoms. The van der Waals surface area contributed by atoms with E-state index in [9.17, 15) is 0 Å². The minimum Gasteiger partial charge on any atom is -0.375 e. The van der Waals surface area contributed by atoms with Crippen LogP contribution in [-0.2, 0) is 10.2 Å². The molecule has 2 fully saturated rings. The Balaban J connectivity index is 1.31. The molecular weight excluding hydrogens is 396 g/mol. The van der Waals surface area contributed by atoms with E-state index in [1.807, 2.05) is 18.5 Å². The molecule has 0 amide bonds. The summed E-state index contributed by atoms with van der Waals surface area (Å²) in [6, 6.07) is 9.61. The van der Waals surface area contributed by atoms with E-state index in [0.29, 0.717) is 18.0 Å². The van der Waals surface area contributed by atoms with Gasteiger partial charge in [0.05, 0.1) is 17.3 Å². The highest BCUT2D eigenvalue weighted by molar-refractivity contribution is 5.21. The summed E-state index contributed by atoms with van der Waals surface area (Å²) in [5, 5.41) is 8.65. The van der Waals surface area contributed by atoms with E-state index in [2.05, 4.69) is 42.0 Å². The van der Waals surface area contributed by atoms with Crippen LogP contribution in [0, 0.1) is 5.92 Å². The van der Waals surface area contributed by atoms with Crippen molar-refractivity contribution in [3.63, 3.8) is 0 Å². The van der Waals surface area contributed by atoms with Crippen LogP contribution in [0.1, 0.15) is 102 Å². The standard InChI is InChI=1S/C27H40N4O/c1-3-21(2)23-10-9-22(24-11-17-30-31(23)24)28-18-14-26(25-8-4-7-16-29-25)15-19-32-27(20-26)12-5-6-13-27/h4,7-8,11,16-17,21-23,28H,3,5-6,9-10,12-15,18-20H2,1-2H3/t21?,22?,23?,26-/m1/s1. The van der Waals surface area contributed by atoms with Crippen molar-refractivity contribution >= 4 is 0 Å². The van der Waals surface area contributed by atoms with Crippen molar-refractivity contribution in [3.8, 4) is 0 Å². The molecule has 1 saturated heterocycles. The molecule has 5 nitrogen and oxygen atoms in total. The number of hydrogen-bond acceptors (Lipinski definition) is 4. The molecular formula is C27H40N4O. The van der Waals surface area contributed by atoms with Crippen molar-refractivity contribution in [3.05, 3.63) is 48.0 Å². The smallest absolute Gasteiger partial charge is 0.0691 e. The zero-order valence-electron chi connectivity index (χ0n) is 19.9. The molecule has 0 bridgehead atoms. The van der Waals surface area contributed by atoms with Crippen molar-refractivity contribution in [1.29, 1.82) is 0 Å². The molecule has 2 aromatic rings. The Labute approximate surface area is 193 Å². The van der Waals surface area contributed by atoms with Crippen LogP contribution in [0.4, 0.5) is 0 Å². The molecule has 1 saturated carbocycles. The summed E-state index contributed by atoms with van der Waals surface area (Å²) < 4.78 is 8.73. The van der Waals surface area contributed by atoms with Gasteiger partial charge in [-0.2, -0.15) is 5.10 Å². The molecule has 2 aliphatic heterocycles. The second kappa shape index (κ2) is 9.26. The van der Waals surface area contributed by atoms with Gasteiger partial charge in [0.1, 0.15) is 0 Å². The molecule has 1 aliphatic carbocycles. The number of nitrogens with zero attached hydrogens (tertiary/aromatic N) is 3. The maximum absolute atomic E-state index is 6.42. The molecule has 5 rings (SSSR count). The number of rotatable bonds is 7. The van der Waals surface area contributed by atoms with Crippen molar-refractivity contribution in [2.24, 2.45) is 5.92 Å². The van der Waals surface area contributed by atoms with E-state index in [-0.39, 0.29) is 11.0 Å². The fourth-order valence-electron chi connectivity index (χ4n) is 6.77. The lowest BCUT2D eigenvalue weighted by Crippen LogP contribution is -2.47. The van der Waals surface area contributed by atoms with Gasteiger partial charge in [-0.3, -0.25) is 9.67 Å². The van der Waals surface area contributed by atoms with Gasteiger partial charge in [0.25, 0.3) is 0 Å². The summed E-state index contributed by atoms with van der Waals surface area (Å²) in [5.74, 6) is 0.673. The van der Waals surface area contributed by atoms with E-state index >= 15 is 0 Å². The van der Waals surface area contributed by atoms with Crippen LogP contribution in [-0.4, -0.2) is 33.5 Å². The van der Waals surface area contributed by atoms with Gasteiger partial charge in [-0.25, -0.2) is 0 Å². The summed E-state index contributed by atoms with van der Waals surface area (Å²) in [5.41, 5.74) is 2.84. The lowest BCUT2D eigenvalue weighted by molar-refractivity contribution is -0.104. The Hall–Kier alpha value is -1.72. The Morgan fingerprint density at radius 3 is 2.81 bits per heavy atom. The van der Waals surface area contributed by atoms with E-state index in [1.54, 1.807) is 0 Å². The average Bonchev–Trinajstić information content (AvgIpc) is 3.50. The van der Waals surface area contributed by atoms with E-state index in [1.165, 1.54) is 56.3 Å². The van der Waals surface area contributed by atoms with Crippen molar-refractivity contribution in [1.82, 2.24) is 20.1 Å². The van der Waals surface area contributed by atoms with Crippen molar-refractivity contribution in [2.45, 2.75) is 101 Å². The van der Waals surface area contributed by atoms with Gasteiger partial charge in [-0.1, -0.05) is 39.2 Å². The van der Waals surface area contributed by atoms with E-state index in [0.717, 1.165) is 32.4 Å². The zero-order chi connectivity index (χ0) is 22.0. The van der Waals surface area contributed by atoms with Crippen LogP contribution in [0.2, 0.25) is 0 Å². The molecule has 3 aliphatic rings. The van der Waals surface area contributed by atoms with Crippen LogP contribution < -0.4 is 5.32 Å². The first kappa shape index (κ1) is 22.1. The molecule has 1 spiro atoms. The Morgan fingerprint density at radius 2 is 2.03 bits per heavy atom. The first-order valence-electron chi connectivity index (χ1n) is 13.0. The zero-order valence-corrected chi connectivity index (χ0v) is 19.9. The van der Waals surface area contributed by atoms with E-state index in [4.69, 9.17) is 14.8 Å². The highest BCUT2D eigenvalue weighted by Crippen LogP contribution is 2.49. The predicted molar refractivity (Wildman–Crippen MR) is 128 cm³/mol. The number of pyridine rings is 1. The summed E-state index contributed by atoms with van der Waals surface area (Å²) in [7, 11) is 0. The lowest BCUT2D eigenvalue weighted by atomic mass is 9.68. The topological polar surface area (TPSA) is 52.0 Å². The van der Waals surface area contributed by atoms with E-state index < -0.39 is 0 Å². The highest BCUT2D eigenvalue weighted by atomic mass is 16.5. The average molecular weight is 437 g/mol. The monoisotopic (exact) mass is 436 g/mol. The molecule has 4 atom stereocenters. The van der Waals surface area contributed by atoms with Crippen molar-refractivity contribution < 1.29 is 4.74 Å². The second-order valence-corrected chi connectivity index (χ2v) is 10.6. The van der Waals surface area contributed by atoms with Crippen LogP contribution in [0.3, 0.4) is 0 Å². The van der Waals surface area contributed by atoms with Crippen LogP contribution in [0.5, 0.6) is 0 Å². The Morgan fingerprint density at radius 1 is 1.16 bits per heavy atom. The SMILES string of the molecule is CCC(C)C1CCC(NCC[C@@]2(c3ccccn3)CCOC3(CCCC3)C2)c2ccnn21. The summed E-state index contributed by atoms with van der Waals surface area (Å²) >= 11 is 0. The molecule has 0 radical (unpaired) electrons. The molecule has 4 heterocycles. The number of hydrogen-bond donors (Lipinski definition) is 1. The predicted octanol–water partition coefficient (Wildman–Crippen LogP) is 5.74. The Bertz CT molecular complexity index is 875. The van der Waals surface area contributed by atoms with Crippen LogP contribution in [0.15, 0.2) is 36.7 Å². The van der Waals surface area contributed by atoms with Crippen LogP contribution in [0.25, 0.3) is 0 Å². The largest absolute Gasteiger partial charge is 0.375 e. The molecule has 32 heavy (non-hydrogen) atoms. The van der Waals surface area contributed by atoms with Crippen LogP contribution >= 0.6 is 0 Å². The minimum absolute atomic E-state index is 0.0861. The second-order valence-electron chi connectivity index (χ2n) is 10.6. The highest BCUT2D eigenvalue weighted by Gasteiger charge is 2.48. The summed E-state index contributed by atoms with van der Waals surface area (Å²) in [6.07, 6.45) is 15.9. The maximum Gasteiger partial charge on any atom is 0.0691 e. The van der Waals surface area contributed by atoms with Gasteiger partial charge in [0, 0.05) is 36.2 Å². The molecule has 174 valence electrons. The third kappa shape index (κ3) is 4.14. The van der Waals surface area contributed by atoms with Gasteiger partial charge in [-0.05, 0) is 75.6 Å². The van der Waals surface area contributed by atoms with Gasteiger partial charge in [-0.15, -0.1) is 0 Å². The fourth-order valence-corrected chi connectivity index (χ4v) is 6.77. The lowest BCUT2D eigenvalue weighted by Gasteiger charge is -2.46. The quantitative estimate of drug-likeness (QED) is 0.601. The van der Waals surface area contributed by atoms with Gasteiger partial charge in [0.2, 0.25) is 0 Å². The Kier molecular flexibility index (Phi) is 6.39. The van der Waals surface area contributed by atoms with Gasteiger partial charge in [0.15, 0.2) is 0 Å². The summed E-state index contributed by atoms with van der Waals surface area (Å²) in [6.45, 7) is 6.53. The number of nitrogens with one attached hydrogen (secondary N) is 1. The molecule has 1 N–H and O–H groups in total. The maximum atomic E-state index is 6.42. The fraction of sp³-hybridized carbons (Fsp3) is 0.704. The number of aromatic nitrogens is 3. The third-order valence-corrected chi connectivity index (χ3v) is 8.79. The third-order valence-electron chi connectivity index (χ3n) is 8.79. The number of ether oxygens (including phenoxy) is 1. The molecule has 0 aromatic carbocycles. The van der Waals surface area contributed by atoms with Gasteiger partial charge >= 0.3 is 0 Å². The first-order chi connectivity index (χ1) is 15.6. The molecule has 3 unspecified atom stereocenters. The minimum atomic E-state index is 0.0861. The molecule has 2 aromatic heterocycles. The summed E-state index contributed by atoms with van der Waals surface area (Å²) in [4.78, 5) is 4.86. The number of fused-ring (bicyclic) bond motifs is 1. The first-order valence-corrected chi connectivity index (χ1v) is 13.0. The normalized spacial score (nSPS) is 30.3. The van der Waals surface area contributed by atoms with Gasteiger partial charge < -0.3 is 10.1 Å².